The van der Waals surface area contributed by atoms with Crippen LogP contribution in [-0.4, -0.2) is 57.6 Å². The van der Waals surface area contributed by atoms with Crippen LogP contribution in [0.2, 0.25) is 0 Å². The standard InChI is InChI=1S/C21H19F3N4O3/c1-14-17(13-25-28(14)16-5-2-4-15(12-16)21(22,23)24)19(29)26-7-9-27(10-8-26)20(30)18-6-3-11-31-18/h2-6,11-13H,7-10H2,1H3. The van der Waals surface area contributed by atoms with Crippen LogP contribution >= 0.6 is 0 Å². The first-order chi connectivity index (χ1) is 14.8. The Kier molecular flexibility index (Phi) is 5.30. The molecule has 10 heteroatoms. The van der Waals surface area contributed by atoms with Gasteiger partial charge in [0.25, 0.3) is 11.8 Å². The summed E-state index contributed by atoms with van der Waals surface area (Å²) in [4.78, 5) is 28.5. The maximum Gasteiger partial charge on any atom is 0.416 e. The van der Waals surface area contributed by atoms with E-state index in [9.17, 15) is 22.8 Å². The van der Waals surface area contributed by atoms with Crippen LogP contribution in [0.5, 0.6) is 0 Å². The third-order valence-corrected chi connectivity index (χ3v) is 5.24. The molecule has 0 spiro atoms. The Morgan fingerprint density at radius 1 is 1.00 bits per heavy atom. The number of halogens is 3. The number of nitrogens with zero attached hydrogens (tertiary/aromatic N) is 4. The molecule has 0 unspecified atom stereocenters. The first-order valence-corrected chi connectivity index (χ1v) is 9.60. The Morgan fingerprint density at radius 2 is 1.68 bits per heavy atom. The smallest absolute Gasteiger partial charge is 0.416 e. The molecular formula is C21H19F3N4O3. The summed E-state index contributed by atoms with van der Waals surface area (Å²) in [6.07, 6.45) is -1.68. The fraction of sp³-hybridized carbons (Fsp3) is 0.286. The molecule has 1 aromatic carbocycles. The van der Waals surface area contributed by atoms with Gasteiger partial charge in [0.1, 0.15) is 0 Å². The van der Waals surface area contributed by atoms with E-state index in [1.54, 1.807) is 28.9 Å². The van der Waals surface area contributed by atoms with Crippen LogP contribution in [0.3, 0.4) is 0 Å². The maximum atomic E-state index is 13.0. The van der Waals surface area contributed by atoms with Gasteiger partial charge in [0.05, 0.1) is 35.0 Å². The molecule has 1 saturated heterocycles. The molecule has 0 saturated carbocycles. The molecule has 0 radical (unpaired) electrons. The van der Waals surface area contributed by atoms with Crippen molar-refractivity contribution in [2.45, 2.75) is 13.1 Å². The van der Waals surface area contributed by atoms with E-state index in [-0.39, 0.29) is 23.3 Å². The maximum absolute atomic E-state index is 13.0. The van der Waals surface area contributed by atoms with Gasteiger partial charge in [-0.3, -0.25) is 9.59 Å². The van der Waals surface area contributed by atoms with Crippen molar-refractivity contribution in [2.75, 3.05) is 26.2 Å². The number of amides is 2. The van der Waals surface area contributed by atoms with Crippen molar-refractivity contribution in [1.82, 2.24) is 19.6 Å². The number of piperazine rings is 1. The second kappa shape index (κ2) is 7.93. The highest BCUT2D eigenvalue weighted by Crippen LogP contribution is 2.30. The number of carbonyl (C=O) groups excluding carboxylic acids is 2. The van der Waals surface area contributed by atoms with Gasteiger partial charge in [0.15, 0.2) is 5.76 Å². The van der Waals surface area contributed by atoms with Gasteiger partial charge >= 0.3 is 6.18 Å². The van der Waals surface area contributed by atoms with Crippen LogP contribution in [0.25, 0.3) is 5.69 Å². The van der Waals surface area contributed by atoms with E-state index < -0.39 is 11.7 Å². The van der Waals surface area contributed by atoms with Crippen molar-refractivity contribution in [2.24, 2.45) is 0 Å². The van der Waals surface area contributed by atoms with Gasteiger partial charge < -0.3 is 14.2 Å². The lowest BCUT2D eigenvalue weighted by atomic mass is 10.1. The highest BCUT2D eigenvalue weighted by atomic mass is 19.4. The molecule has 7 nitrogen and oxygen atoms in total. The molecule has 2 amide bonds. The molecule has 1 fully saturated rings. The van der Waals surface area contributed by atoms with Gasteiger partial charge in [-0.05, 0) is 37.3 Å². The van der Waals surface area contributed by atoms with Crippen molar-refractivity contribution in [3.8, 4) is 5.69 Å². The largest absolute Gasteiger partial charge is 0.459 e. The second-order valence-corrected chi connectivity index (χ2v) is 7.17. The monoisotopic (exact) mass is 432 g/mol. The molecule has 0 atom stereocenters. The Labute approximate surface area is 175 Å². The third kappa shape index (κ3) is 4.05. The minimum atomic E-state index is -4.47. The van der Waals surface area contributed by atoms with E-state index in [4.69, 9.17) is 4.42 Å². The SMILES string of the molecule is Cc1c(C(=O)N2CCN(C(=O)c3ccco3)CC2)cnn1-c1cccc(C(F)(F)F)c1. The summed E-state index contributed by atoms with van der Waals surface area (Å²) in [5, 5.41) is 4.13. The predicted octanol–water partition coefficient (Wildman–Crippen LogP) is 3.39. The van der Waals surface area contributed by atoms with Crippen LogP contribution in [-0.2, 0) is 6.18 Å². The van der Waals surface area contributed by atoms with E-state index >= 15 is 0 Å². The Bertz CT molecular complexity index is 1100. The van der Waals surface area contributed by atoms with Crippen LogP contribution in [0.15, 0.2) is 53.3 Å². The second-order valence-electron chi connectivity index (χ2n) is 7.17. The van der Waals surface area contributed by atoms with Gasteiger partial charge in [-0.1, -0.05) is 6.07 Å². The Hall–Kier alpha value is -3.56. The van der Waals surface area contributed by atoms with Gasteiger partial charge in [-0.25, -0.2) is 4.68 Å². The van der Waals surface area contributed by atoms with Crippen molar-refractivity contribution < 1.29 is 27.2 Å². The molecule has 2 aromatic heterocycles. The quantitative estimate of drug-likeness (QED) is 0.636. The summed E-state index contributed by atoms with van der Waals surface area (Å²) in [5.41, 5.74) is 0.187. The minimum Gasteiger partial charge on any atom is -0.459 e. The Morgan fingerprint density at radius 3 is 2.29 bits per heavy atom. The normalized spacial score (nSPS) is 14.7. The number of aromatic nitrogens is 2. The number of alkyl halides is 3. The molecule has 4 rings (SSSR count). The number of hydrogen-bond acceptors (Lipinski definition) is 4. The van der Waals surface area contributed by atoms with Gasteiger partial charge in [-0.15, -0.1) is 0 Å². The van der Waals surface area contributed by atoms with Crippen molar-refractivity contribution in [3.05, 3.63) is 71.4 Å². The Balaban J connectivity index is 1.47. The fourth-order valence-corrected chi connectivity index (χ4v) is 3.53. The molecule has 31 heavy (non-hydrogen) atoms. The van der Waals surface area contributed by atoms with E-state index in [0.29, 0.717) is 37.4 Å². The van der Waals surface area contributed by atoms with Gasteiger partial charge in [0.2, 0.25) is 0 Å². The van der Waals surface area contributed by atoms with Crippen LogP contribution in [0, 0.1) is 6.92 Å². The fourth-order valence-electron chi connectivity index (χ4n) is 3.53. The molecular weight excluding hydrogens is 413 g/mol. The van der Waals surface area contributed by atoms with Gasteiger partial charge in [0, 0.05) is 26.2 Å². The number of furan rings is 1. The highest BCUT2D eigenvalue weighted by Gasteiger charge is 2.31. The van der Waals surface area contributed by atoms with Crippen molar-refractivity contribution in [3.63, 3.8) is 0 Å². The molecule has 162 valence electrons. The molecule has 1 aliphatic rings. The minimum absolute atomic E-state index is 0.222. The summed E-state index contributed by atoms with van der Waals surface area (Å²) in [5.74, 6) is -0.260. The average molecular weight is 432 g/mol. The van der Waals surface area contributed by atoms with Crippen LogP contribution in [0.4, 0.5) is 13.2 Å². The zero-order valence-corrected chi connectivity index (χ0v) is 16.6. The zero-order chi connectivity index (χ0) is 22.2. The van der Waals surface area contributed by atoms with Crippen molar-refractivity contribution in [1.29, 1.82) is 0 Å². The van der Waals surface area contributed by atoms with E-state index in [1.165, 1.54) is 29.3 Å². The lowest BCUT2D eigenvalue weighted by molar-refractivity contribution is -0.137. The van der Waals surface area contributed by atoms with E-state index in [0.717, 1.165) is 12.1 Å². The van der Waals surface area contributed by atoms with Crippen LogP contribution in [0.1, 0.15) is 32.2 Å². The first-order valence-electron chi connectivity index (χ1n) is 9.60. The van der Waals surface area contributed by atoms with E-state index in [2.05, 4.69) is 5.10 Å². The predicted molar refractivity (Wildman–Crippen MR) is 104 cm³/mol. The van der Waals surface area contributed by atoms with Crippen molar-refractivity contribution >= 4 is 11.8 Å². The lowest BCUT2D eigenvalue weighted by Crippen LogP contribution is -2.50. The first kappa shape index (κ1) is 20.7. The summed E-state index contributed by atoms with van der Waals surface area (Å²) in [6, 6.07) is 8.01. The number of hydrogen-bond donors (Lipinski definition) is 0. The average Bonchev–Trinajstić information content (AvgIpc) is 3.42. The van der Waals surface area contributed by atoms with Crippen LogP contribution < -0.4 is 0 Å². The number of rotatable bonds is 3. The lowest BCUT2D eigenvalue weighted by Gasteiger charge is -2.34. The molecule has 0 aliphatic carbocycles. The number of carbonyl (C=O) groups is 2. The topological polar surface area (TPSA) is 71.6 Å². The highest BCUT2D eigenvalue weighted by molar-refractivity contribution is 5.96. The third-order valence-electron chi connectivity index (χ3n) is 5.24. The molecule has 0 bridgehead atoms. The summed E-state index contributed by atoms with van der Waals surface area (Å²) in [6.45, 7) is 3.01. The molecule has 1 aliphatic heterocycles. The summed E-state index contributed by atoms with van der Waals surface area (Å²) >= 11 is 0. The summed E-state index contributed by atoms with van der Waals surface area (Å²) in [7, 11) is 0. The zero-order valence-electron chi connectivity index (χ0n) is 16.6. The molecule has 3 aromatic rings. The van der Waals surface area contributed by atoms with E-state index in [1.807, 2.05) is 0 Å². The molecule has 3 heterocycles. The number of benzene rings is 1. The molecule has 0 N–H and O–H groups in total. The summed E-state index contributed by atoms with van der Waals surface area (Å²) < 4.78 is 45.5. The van der Waals surface area contributed by atoms with Gasteiger partial charge in [-0.2, -0.15) is 18.3 Å².